The number of ether oxygens (including phenoxy) is 2. The number of aromatic nitrogens is 2. The maximum atomic E-state index is 17.1. The standard InChI is InChI=1S/C37H43F3N4O4/c1-4-24-26(39)10-9-22-16-23(45)17-25(30(22)24)33-32(40)34-31(35(42-33)47-3)27(44-15-7-13-37(46,19-38)20-44)18-29(41-34)48-21-36-11-5-8-28(36)43(2)14-6-12-36/h9-10,16-18,28,45-46H,4-8,11-15,19-21H2,1-3H3. The van der Waals surface area contributed by atoms with Crippen LogP contribution in [0.5, 0.6) is 17.5 Å². The summed E-state index contributed by atoms with van der Waals surface area (Å²) in [6, 6.07) is 7.89. The summed E-state index contributed by atoms with van der Waals surface area (Å²) >= 11 is 0. The lowest BCUT2D eigenvalue weighted by Crippen LogP contribution is -2.50. The smallest absolute Gasteiger partial charge is 0.225 e. The number of nitrogens with zero attached hydrogens (tertiary/aromatic N) is 4. The second kappa shape index (κ2) is 12.6. The van der Waals surface area contributed by atoms with E-state index in [1.54, 1.807) is 12.1 Å². The van der Waals surface area contributed by atoms with Gasteiger partial charge in [0.2, 0.25) is 11.8 Å². The molecular weight excluding hydrogens is 621 g/mol. The molecule has 11 heteroatoms. The minimum Gasteiger partial charge on any atom is -0.508 e. The molecule has 3 atom stereocenters. The van der Waals surface area contributed by atoms with Gasteiger partial charge in [0.1, 0.15) is 35.1 Å². The van der Waals surface area contributed by atoms with Gasteiger partial charge in [-0.2, -0.15) is 0 Å². The van der Waals surface area contributed by atoms with Crippen molar-refractivity contribution >= 4 is 27.4 Å². The molecule has 3 unspecified atom stereocenters. The predicted octanol–water partition coefficient (Wildman–Crippen LogP) is 6.95. The Morgan fingerprint density at radius 3 is 2.58 bits per heavy atom. The molecule has 3 fully saturated rings. The Morgan fingerprint density at radius 1 is 1.02 bits per heavy atom. The number of aromatic hydroxyl groups is 1. The average Bonchev–Trinajstić information content (AvgIpc) is 3.53. The Balaban J connectivity index is 1.43. The molecule has 0 amide bonds. The largest absolute Gasteiger partial charge is 0.508 e. The molecule has 1 saturated carbocycles. The van der Waals surface area contributed by atoms with Crippen molar-refractivity contribution in [1.29, 1.82) is 0 Å². The number of likely N-dealkylation sites (tertiary alicyclic amines) is 1. The van der Waals surface area contributed by atoms with Gasteiger partial charge in [0.05, 0.1) is 24.8 Å². The highest BCUT2D eigenvalue weighted by atomic mass is 19.1. The van der Waals surface area contributed by atoms with Crippen molar-refractivity contribution in [2.24, 2.45) is 5.41 Å². The van der Waals surface area contributed by atoms with Crippen LogP contribution >= 0.6 is 0 Å². The summed E-state index contributed by atoms with van der Waals surface area (Å²) in [6.07, 6.45) is 6.52. The van der Waals surface area contributed by atoms with Crippen LogP contribution in [-0.4, -0.2) is 83.8 Å². The van der Waals surface area contributed by atoms with Gasteiger partial charge in [-0.05, 0) is 93.1 Å². The van der Waals surface area contributed by atoms with E-state index in [9.17, 15) is 14.6 Å². The molecule has 2 aliphatic heterocycles. The molecule has 4 heterocycles. The predicted molar refractivity (Wildman–Crippen MR) is 180 cm³/mol. The first-order valence-corrected chi connectivity index (χ1v) is 17.0. The number of aryl methyl sites for hydroxylation is 1. The van der Waals surface area contributed by atoms with Crippen LogP contribution in [0.4, 0.5) is 18.9 Å². The third-order valence-corrected chi connectivity index (χ3v) is 11.0. The molecule has 0 bridgehead atoms. The van der Waals surface area contributed by atoms with Gasteiger partial charge < -0.3 is 29.5 Å². The van der Waals surface area contributed by atoms with Crippen molar-refractivity contribution in [2.45, 2.75) is 69.9 Å². The van der Waals surface area contributed by atoms with Gasteiger partial charge in [0, 0.05) is 36.2 Å². The first-order valence-electron chi connectivity index (χ1n) is 17.0. The first kappa shape index (κ1) is 32.7. The normalized spacial score (nSPS) is 24.7. The van der Waals surface area contributed by atoms with Crippen LogP contribution < -0.4 is 14.4 Å². The number of pyridine rings is 2. The minimum atomic E-state index is -1.56. The number of benzene rings is 2. The van der Waals surface area contributed by atoms with Crippen LogP contribution in [0.2, 0.25) is 0 Å². The van der Waals surface area contributed by atoms with Crippen LogP contribution in [0.15, 0.2) is 30.3 Å². The molecule has 1 aliphatic carbocycles. The van der Waals surface area contributed by atoms with E-state index < -0.39 is 23.9 Å². The maximum absolute atomic E-state index is 17.1. The Morgan fingerprint density at radius 2 is 1.81 bits per heavy atom. The number of β-amino-alcohol motifs (C(OH)–C–C–N with tert-alkyl or cyclic N) is 1. The highest BCUT2D eigenvalue weighted by molar-refractivity contribution is 6.03. The number of hydrogen-bond donors (Lipinski definition) is 2. The zero-order chi connectivity index (χ0) is 33.8. The van der Waals surface area contributed by atoms with Gasteiger partial charge >= 0.3 is 0 Å². The van der Waals surface area contributed by atoms with Crippen LogP contribution in [0.25, 0.3) is 32.9 Å². The van der Waals surface area contributed by atoms with Gasteiger partial charge in [-0.3, -0.25) is 0 Å². The van der Waals surface area contributed by atoms with E-state index in [2.05, 4.69) is 16.9 Å². The monoisotopic (exact) mass is 664 g/mol. The molecule has 256 valence electrons. The molecular formula is C37H43F3N4O4. The summed E-state index contributed by atoms with van der Waals surface area (Å²) in [5, 5.41) is 22.9. The number of piperidine rings is 2. The third-order valence-electron chi connectivity index (χ3n) is 11.0. The molecule has 7 rings (SSSR count). The van der Waals surface area contributed by atoms with Crippen molar-refractivity contribution in [1.82, 2.24) is 14.9 Å². The summed E-state index contributed by atoms with van der Waals surface area (Å²) in [4.78, 5) is 13.6. The fourth-order valence-corrected chi connectivity index (χ4v) is 8.70. The number of alkyl halides is 1. The molecule has 8 nitrogen and oxygen atoms in total. The van der Waals surface area contributed by atoms with Crippen molar-refractivity contribution in [3.05, 3.63) is 47.5 Å². The topological polar surface area (TPSA) is 91.2 Å². The van der Waals surface area contributed by atoms with Crippen LogP contribution in [0.3, 0.4) is 0 Å². The zero-order valence-corrected chi connectivity index (χ0v) is 27.8. The molecule has 4 aromatic rings. The highest BCUT2D eigenvalue weighted by Gasteiger charge is 2.47. The summed E-state index contributed by atoms with van der Waals surface area (Å²) in [6.45, 7) is 2.84. The lowest BCUT2D eigenvalue weighted by Gasteiger charge is -2.44. The minimum absolute atomic E-state index is 0.0122. The molecule has 3 aliphatic rings. The zero-order valence-electron chi connectivity index (χ0n) is 27.8. The number of phenolic OH excluding ortho intramolecular Hbond substituents is 1. The number of rotatable bonds is 8. The Hall–Kier alpha value is -3.83. The van der Waals surface area contributed by atoms with E-state index in [4.69, 9.17) is 14.5 Å². The van der Waals surface area contributed by atoms with E-state index >= 15 is 8.78 Å². The average molecular weight is 665 g/mol. The number of anilines is 1. The summed E-state index contributed by atoms with van der Waals surface area (Å²) < 4.78 is 58.6. The molecule has 0 spiro atoms. The number of hydrogen-bond acceptors (Lipinski definition) is 8. The fourth-order valence-electron chi connectivity index (χ4n) is 8.70. The lowest BCUT2D eigenvalue weighted by atomic mass is 9.76. The molecule has 2 N–H and O–H groups in total. The van der Waals surface area contributed by atoms with Crippen LogP contribution in [0, 0.1) is 17.0 Å². The second-order valence-electron chi connectivity index (χ2n) is 14.0. The number of fused-ring (bicyclic) bond motifs is 3. The second-order valence-corrected chi connectivity index (χ2v) is 14.0. The number of halogens is 3. The first-order chi connectivity index (χ1) is 23.1. The lowest BCUT2D eigenvalue weighted by molar-refractivity contribution is 0.00317. The summed E-state index contributed by atoms with van der Waals surface area (Å²) in [5.41, 5.74) is -0.781. The number of phenols is 1. The Kier molecular flexibility index (Phi) is 8.56. The summed E-state index contributed by atoms with van der Waals surface area (Å²) in [5.74, 6) is -1.09. The maximum Gasteiger partial charge on any atom is 0.225 e. The van der Waals surface area contributed by atoms with E-state index in [-0.39, 0.29) is 51.6 Å². The fraction of sp³-hybridized carbons (Fsp3) is 0.514. The van der Waals surface area contributed by atoms with Crippen molar-refractivity contribution < 1.29 is 32.9 Å². The van der Waals surface area contributed by atoms with Crippen molar-refractivity contribution in [3.63, 3.8) is 0 Å². The van der Waals surface area contributed by atoms with Crippen molar-refractivity contribution in [2.75, 3.05) is 52.0 Å². The molecule has 48 heavy (non-hydrogen) atoms. The molecule has 2 saturated heterocycles. The third kappa shape index (κ3) is 5.48. The number of aliphatic hydroxyl groups is 1. The highest BCUT2D eigenvalue weighted by Crippen LogP contribution is 2.48. The van der Waals surface area contributed by atoms with E-state index in [0.29, 0.717) is 60.5 Å². The van der Waals surface area contributed by atoms with E-state index in [1.165, 1.54) is 25.3 Å². The van der Waals surface area contributed by atoms with Gasteiger partial charge in [0.25, 0.3) is 0 Å². The van der Waals surface area contributed by atoms with E-state index in [1.807, 2.05) is 11.8 Å². The van der Waals surface area contributed by atoms with Crippen LogP contribution in [-0.2, 0) is 6.42 Å². The van der Waals surface area contributed by atoms with Gasteiger partial charge in [-0.1, -0.05) is 19.4 Å². The Labute approximate surface area is 278 Å². The molecule has 2 aromatic heterocycles. The van der Waals surface area contributed by atoms with Crippen molar-refractivity contribution in [3.8, 4) is 28.8 Å². The quantitative estimate of drug-likeness (QED) is 0.209. The molecule has 0 radical (unpaired) electrons. The molecule has 2 aromatic carbocycles. The van der Waals surface area contributed by atoms with Gasteiger partial charge in [-0.15, -0.1) is 0 Å². The SMILES string of the molecule is CCc1c(F)ccc2cc(O)cc(-c3nc(OC)c4c(N5CCCC(O)(CF)C5)cc(OCC56CCCC5N(C)CCC6)nc4c3F)c12. The summed E-state index contributed by atoms with van der Waals surface area (Å²) in [7, 11) is 3.58. The Bertz CT molecular complexity index is 1870. The number of methoxy groups -OCH3 is 1. The van der Waals surface area contributed by atoms with Gasteiger partial charge in [-0.25, -0.2) is 23.1 Å². The van der Waals surface area contributed by atoms with Crippen LogP contribution in [0.1, 0.15) is 57.4 Å². The van der Waals surface area contributed by atoms with Gasteiger partial charge in [0.15, 0.2) is 5.82 Å². The van der Waals surface area contributed by atoms with E-state index in [0.717, 1.165) is 38.6 Å².